The molecule has 1 heterocycles. The predicted octanol–water partition coefficient (Wildman–Crippen LogP) is 4.05. The molecular weight excluding hydrogens is 260 g/mol. The van der Waals surface area contributed by atoms with Crippen molar-refractivity contribution in [1.82, 2.24) is 10.3 Å². The van der Waals surface area contributed by atoms with E-state index < -0.39 is 0 Å². The first-order valence-corrected chi connectivity index (χ1v) is 7.04. The predicted molar refractivity (Wildman–Crippen MR) is 85.8 cm³/mol. The van der Waals surface area contributed by atoms with Crippen LogP contribution in [-0.4, -0.2) is 12.0 Å². The fourth-order valence-corrected chi connectivity index (χ4v) is 2.36. The molecule has 0 spiro atoms. The van der Waals surface area contributed by atoms with Gasteiger partial charge in [-0.2, -0.15) is 0 Å². The van der Waals surface area contributed by atoms with Crippen LogP contribution in [0.4, 0.5) is 0 Å². The minimum atomic E-state index is 0.751. The van der Waals surface area contributed by atoms with Crippen molar-refractivity contribution in [3.05, 3.63) is 65.9 Å². The molecule has 0 aliphatic heterocycles. The van der Waals surface area contributed by atoms with Gasteiger partial charge in [0.2, 0.25) is 0 Å². The highest BCUT2D eigenvalue weighted by atomic mass is 16.5. The van der Waals surface area contributed by atoms with E-state index in [0.717, 1.165) is 34.6 Å². The lowest BCUT2D eigenvalue weighted by Gasteiger charge is -2.11. The summed E-state index contributed by atoms with van der Waals surface area (Å²) in [4.78, 5) is 4.77. The molecule has 3 rings (SSSR count). The van der Waals surface area contributed by atoms with E-state index in [-0.39, 0.29) is 0 Å². The van der Waals surface area contributed by atoms with Crippen LogP contribution in [-0.2, 0) is 6.54 Å². The first kappa shape index (κ1) is 13.6. The number of fused-ring (bicyclic) bond motifs is 1. The summed E-state index contributed by atoms with van der Waals surface area (Å²) in [6.07, 6.45) is 0. The molecule has 3 aromatic rings. The van der Waals surface area contributed by atoms with E-state index in [4.69, 9.17) is 9.72 Å². The van der Waals surface area contributed by atoms with Crippen LogP contribution in [0.1, 0.15) is 11.3 Å². The van der Waals surface area contributed by atoms with Crippen molar-refractivity contribution in [2.45, 2.75) is 13.5 Å². The highest BCUT2D eigenvalue weighted by Crippen LogP contribution is 2.29. The monoisotopic (exact) mass is 278 g/mol. The number of rotatable bonds is 4. The second-order valence-electron chi connectivity index (χ2n) is 5.03. The molecule has 0 saturated carbocycles. The molecule has 0 aliphatic carbocycles. The molecular formula is C18H18N2O. The number of ether oxygens (including phenoxy) is 1. The lowest BCUT2D eigenvalue weighted by Crippen LogP contribution is -2.08. The number of nitrogens with one attached hydrogen (secondary N) is 1. The van der Waals surface area contributed by atoms with E-state index in [1.807, 2.05) is 49.5 Å². The molecule has 0 radical (unpaired) electrons. The Morgan fingerprint density at radius 2 is 1.86 bits per heavy atom. The van der Waals surface area contributed by atoms with Gasteiger partial charge in [-0.25, -0.2) is 4.98 Å². The van der Waals surface area contributed by atoms with Gasteiger partial charge < -0.3 is 10.1 Å². The number of benzene rings is 2. The smallest absolute Gasteiger partial charge is 0.153 e. The van der Waals surface area contributed by atoms with Gasteiger partial charge in [0.25, 0.3) is 0 Å². The topological polar surface area (TPSA) is 34.2 Å². The number of hydrogen-bond acceptors (Lipinski definition) is 3. The Morgan fingerprint density at radius 3 is 2.62 bits per heavy atom. The normalized spacial score (nSPS) is 10.8. The van der Waals surface area contributed by atoms with E-state index in [1.165, 1.54) is 5.56 Å². The Labute approximate surface area is 124 Å². The summed E-state index contributed by atoms with van der Waals surface area (Å²) >= 11 is 0. The van der Waals surface area contributed by atoms with Crippen molar-refractivity contribution in [1.29, 1.82) is 0 Å². The first-order chi connectivity index (χ1) is 10.3. The van der Waals surface area contributed by atoms with Gasteiger partial charge in [0, 0.05) is 11.9 Å². The molecule has 0 saturated heterocycles. The van der Waals surface area contributed by atoms with E-state index in [9.17, 15) is 0 Å². The molecule has 0 unspecified atom stereocenters. The van der Waals surface area contributed by atoms with E-state index in [2.05, 4.69) is 24.4 Å². The van der Waals surface area contributed by atoms with Crippen molar-refractivity contribution >= 4 is 10.9 Å². The summed E-state index contributed by atoms with van der Waals surface area (Å²) in [7, 11) is 1.93. The maximum Gasteiger partial charge on any atom is 0.153 e. The van der Waals surface area contributed by atoms with Crippen LogP contribution < -0.4 is 10.1 Å². The molecule has 21 heavy (non-hydrogen) atoms. The van der Waals surface area contributed by atoms with Crippen molar-refractivity contribution in [3.63, 3.8) is 0 Å². The van der Waals surface area contributed by atoms with Crippen molar-refractivity contribution in [2.75, 3.05) is 7.05 Å². The molecule has 0 amide bonds. The maximum absolute atomic E-state index is 5.98. The van der Waals surface area contributed by atoms with E-state index in [1.54, 1.807) is 0 Å². The van der Waals surface area contributed by atoms with Gasteiger partial charge in [0.05, 0.1) is 5.69 Å². The minimum absolute atomic E-state index is 0.751. The molecule has 106 valence electrons. The van der Waals surface area contributed by atoms with Crippen LogP contribution in [0.2, 0.25) is 0 Å². The van der Waals surface area contributed by atoms with E-state index in [0.29, 0.717) is 0 Å². The van der Waals surface area contributed by atoms with Crippen LogP contribution in [0.25, 0.3) is 10.9 Å². The Bertz CT molecular complexity index is 754. The SMILES string of the molecule is CNCc1nc2c(Oc3ccccc3)cccc2cc1C. The fourth-order valence-electron chi connectivity index (χ4n) is 2.36. The molecule has 0 atom stereocenters. The third kappa shape index (κ3) is 2.88. The van der Waals surface area contributed by atoms with Crippen LogP contribution in [0.5, 0.6) is 11.5 Å². The second-order valence-corrected chi connectivity index (χ2v) is 5.03. The van der Waals surface area contributed by atoms with Gasteiger partial charge in [-0.05, 0) is 43.8 Å². The van der Waals surface area contributed by atoms with Crippen LogP contribution in [0.15, 0.2) is 54.6 Å². The van der Waals surface area contributed by atoms with Gasteiger partial charge in [-0.1, -0.05) is 30.3 Å². The molecule has 1 N–H and O–H groups in total. The molecule has 1 aromatic heterocycles. The first-order valence-electron chi connectivity index (χ1n) is 7.04. The Kier molecular flexibility index (Phi) is 3.84. The number of pyridine rings is 1. The number of para-hydroxylation sites is 2. The van der Waals surface area contributed by atoms with Gasteiger partial charge in [-0.3, -0.25) is 0 Å². The molecule has 0 bridgehead atoms. The van der Waals surface area contributed by atoms with Crippen molar-refractivity contribution < 1.29 is 4.74 Å². The Hall–Kier alpha value is -2.39. The maximum atomic E-state index is 5.98. The zero-order valence-electron chi connectivity index (χ0n) is 12.3. The van der Waals surface area contributed by atoms with Crippen LogP contribution in [0, 0.1) is 6.92 Å². The van der Waals surface area contributed by atoms with Crippen LogP contribution >= 0.6 is 0 Å². The average molecular weight is 278 g/mol. The molecule has 0 fully saturated rings. The van der Waals surface area contributed by atoms with E-state index >= 15 is 0 Å². The standard InChI is InChI=1S/C18H18N2O/c1-13-11-14-7-6-10-17(18(14)20-16(13)12-19-2)21-15-8-4-3-5-9-15/h3-11,19H,12H2,1-2H3. The average Bonchev–Trinajstić information content (AvgIpc) is 2.50. The fraction of sp³-hybridized carbons (Fsp3) is 0.167. The number of hydrogen-bond donors (Lipinski definition) is 1. The third-order valence-corrected chi connectivity index (χ3v) is 3.42. The summed E-state index contributed by atoms with van der Waals surface area (Å²) in [5.74, 6) is 1.61. The van der Waals surface area contributed by atoms with Gasteiger partial charge >= 0.3 is 0 Å². The summed E-state index contributed by atoms with van der Waals surface area (Å²) in [6.45, 7) is 2.84. The minimum Gasteiger partial charge on any atom is -0.455 e. The van der Waals surface area contributed by atoms with Gasteiger partial charge in [-0.15, -0.1) is 0 Å². The molecule has 3 heteroatoms. The summed E-state index contributed by atoms with van der Waals surface area (Å²) in [5.41, 5.74) is 3.14. The summed E-state index contributed by atoms with van der Waals surface area (Å²) < 4.78 is 5.98. The third-order valence-electron chi connectivity index (χ3n) is 3.42. The van der Waals surface area contributed by atoms with Crippen molar-refractivity contribution in [3.8, 4) is 11.5 Å². The molecule has 0 aliphatic rings. The molecule has 3 nitrogen and oxygen atoms in total. The second kappa shape index (κ2) is 5.94. The largest absolute Gasteiger partial charge is 0.455 e. The lowest BCUT2D eigenvalue weighted by atomic mass is 10.1. The zero-order valence-corrected chi connectivity index (χ0v) is 12.3. The summed E-state index contributed by atoms with van der Waals surface area (Å²) in [6, 6.07) is 18.0. The van der Waals surface area contributed by atoms with Gasteiger partial charge in [0.1, 0.15) is 11.3 Å². The highest BCUT2D eigenvalue weighted by Gasteiger charge is 2.08. The molecule has 2 aromatic carbocycles. The van der Waals surface area contributed by atoms with Crippen LogP contribution in [0.3, 0.4) is 0 Å². The zero-order chi connectivity index (χ0) is 14.7. The lowest BCUT2D eigenvalue weighted by molar-refractivity contribution is 0.487. The highest BCUT2D eigenvalue weighted by molar-refractivity contribution is 5.85. The Morgan fingerprint density at radius 1 is 1.05 bits per heavy atom. The quantitative estimate of drug-likeness (QED) is 0.781. The number of aryl methyl sites for hydroxylation is 1. The van der Waals surface area contributed by atoms with Gasteiger partial charge in [0.15, 0.2) is 5.75 Å². The number of nitrogens with zero attached hydrogens (tertiary/aromatic N) is 1. The Balaban J connectivity index is 2.07. The van der Waals surface area contributed by atoms with Crippen molar-refractivity contribution in [2.24, 2.45) is 0 Å². The summed E-state index contributed by atoms with van der Waals surface area (Å²) in [5, 5.41) is 4.25. The number of aromatic nitrogens is 1.